The Morgan fingerprint density at radius 2 is 1.38 bits per heavy atom. The van der Waals surface area contributed by atoms with Crippen LogP contribution in [0, 0.1) is 6.92 Å². The fraction of sp³-hybridized carbons (Fsp3) is 0.0625. The maximum atomic E-state index is 5.04. The molecule has 9 rings (SSSR count). The zero-order chi connectivity index (χ0) is 24.2. The van der Waals surface area contributed by atoms with Crippen molar-refractivity contribution in [3.63, 3.8) is 0 Å². The number of nitrogens with one attached hydrogen (secondary N) is 1. The van der Waals surface area contributed by atoms with Crippen molar-refractivity contribution in [2.75, 3.05) is 11.9 Å². The zero-order valence-electron chi connectivity index (χ0n) is 20.2. The summed E-state index contributed by atoms with van der Waals surface area (Å²) in [6, 6.07) is 28.5. The lowest BCUT2D eigenvalue weighted by atomic mass is 10.0. The highest BCUT2D eigenvalue weighted by atomic mass is 15.2. The van der Waals surface area contributed by atoms with Crippen LogP contribution >= 0.6 is 0 Å². The van der Waals surface area contributed by atoms with E-state index in [9.17, 15) is 0 Å². The lowest BCUT2D eigenvalue weighted by molar-refractivity contribution is 0.955. The van der Waals surface area contributed by atoms with Gasteiger partial charge in [-0.3, -0.25) is 4.57 Å². The monoisotopic (exact) mass is 475 g/mol. The molecule has 0 bridgehead atoms. The first-order valence-corrected chi connectivity index (χ1v) is 12.7. The second kappa shape index (κ2) is 6.65. The highest BCUT2D eigenvalue weighted by molar-refractivity contribution is 6.35. The largest absolute Gasteiger partial charge is 0.366 e. The summed E-state index contributed by atoms with van der Waals surface area (Å²) in [7, 11) is 0. The van der Waals surface area contributed by atoms with E-state index >= 15 is 0 Å². The van der Waals surface area contributed by atoms with Crippen molar-refractivity contribution in [2.45, 2.75) is 6.92 Å². The van der Waals surface area contributed by atoms with Crippen LogP contribution in [0.25, 0.3) is 71.9 Å². The van der Waals surface area contributed by atoms with E-state index in [4.69, 9.17) is 9.97 Å². The Balaban J connectivity index is 1.57. The average molecular weight is 476 g/mol. The minimum atomic E-state index is 0.701. The van der Waals surface area contributed by atoms with Crippen LogP contribution in [-0.4, -0.2) is 25.5 Å². The van der Waals surface area contributed by atoms with Crippen molar-refractivity contribution in [2.24, 2.45) is 0 Å². The van der Waals surface area contributed by atoms with E-state index < -0.39 is 0 Å². The second-order valence-corrected chi connectivity index (χ2v) is 9.92. The molecular formula is C32H21N5. The van der Waals surface area contributed by atoms with Gasteiger partial charge in [-0.2, -0.15) is 4.98 Å². The molecule has 5 nitrogen and oxygen atoms in total. The van der Waals surface area contributed by atoms with Gasteiger partial charge in [0, 0.05) is 44.4 Å². The quantitative estimate of drug-likeness (QED) is 0.268. The van der Waals surface area contributed by atoms with Crippen molar-refractivity contribution in [1.29, 1.82) is 0 Å². The lowest BCUT2D eigenvalue weighted by Gasteiger charge is -2.16. The third kappa shape index (κ3) is 2.30. The summed E-state index contributed by atoms with van der Waals surface area (Å²) >= 11 is 0. The summed E-state index contributed by atoms with van der Waals surface area (Å²) in [5.41, 5.74) is 8.05. The SMILES string of the molecule is Cc1nc(-n2c3ccccc3c3c4c5ccccc5n5c6ccccc6c(cc32)c45)nc2c1C=CCN2. The van der Waals surface area contributed by atoms with Gasteiger partial charge in [-0.05, 0) is 31.2 Å². The Bertz CT molecular complexity index is 2260. The molecule has 0 saturated carbocycles. The van der Waals surface area contributed by atoms with Crippen LogP contribution in [0.1, 0.15) is 11.3 Å². The summed E-state index contributed by atoms with van der Waals surface area (Å²) in [6.07, 6.45) is 4.23. The number of benzene rings is 4. The van der Waals surface area contributed by atoms with E-state index in [1.807, 2.05) is 0 Å². The molecule has 0 radical (unpaired) electrons. The van der Waals surface area contributed by atoms with E-state index in [1.54, 1.807) is 0 Å². The minimum Gasteiger partial charge on any atom is -0.366 e. The number of hydrogen-bond donors (Lipinski definition) is 1. The first-order chi connectivity index (χ1) is 18.3. The Kier molecular flexibility index (Phi) is 3.47. The van der Waals surface area contributed by atoms with E-state index in [0.29, 0.717) is 5.95 Å². The van der Waals surface area contributed by atoms with Crippen LogP contribution in [0.2, 0.25) is 0 Å². The molecular weight excluding hydrogens is 454 g/mol. The van der Waals surface area contributed by atoms with Crippen LogP contribution in [0.4, 0.5) is 5.82 Å². The number of fused-ring (bicyclic) bond motifs is 11. The van der Waals surface area contributed by atoms with Crippen LogP contribution in [0.15, 0.2) is 84.9 Å². The predicted molar refractivity (Wildman–Crippen MR) is 153 cm³/mol. The molecule has 174 valence electrons. The van der Waals surface area contributed by atoms with Crippen molar-refractivity contribution < 1.29 is 0 Å². The van der Waals surface area contributed by atoms with Gasteiger partial charge >= 0.3 is 0 Å². The Morgan fingerprint density at radius 3 is 2.19 bits per heavy atom. The van der Waals surface area contributed by atoms with Crippen molar-refractivity contribution in [1.82, 2.24) is 18.9 Å². The molecule has 1 aliphatic heterocycles. The molecule has 4 aromatic heterocycles. The number of aryl methyl sites for hydroxylation is 1. The van der Waals surface area contributed by atoms with Crippen LogP contribution in [-0.2, 0) is 0 Å². The fourth-order valence-electron chi connectivity index (χ4n) is 6.51. The third-order valence-corrected chi connectivity index (χ3v) is 8.00. The van der Waals surface area contributed by atoms with Gasteiger partial charge in [-0.15, -0.1) is 0 Å². The molecule has 1 aliphatic rings. The summed E-state index contributed by atoms with van der Waals surface area (Å²) in [5, 5.41) is 11.0. The standard InChI is InChI=1S/C32H21N5/c1-18-19-12-8-16-33-31(19)35-32(34-18)37-26-15-7-3-10-21(26)28-27(37)17-23-20-9-2-5-13-24(20)36-25-14-6-4-11-22(25)29(28)30(23)36/h2-15,17H,16H2,1H3,(H,33,34,35). The predicted octanol–water partition coefficient (Wildman–Crippen LogP) is 7.47. The Hall–Kier alpha value is -4.90. The molecule has 0 spiro atoms. The molecule has 1 N–H and O–H groups in total. The van der Waals surface area contributed by atoms with Gasteiger partial charge in [0.05, 0.1) is 33.3 Å². The highest BCUT2D eigenvalue weighted by Gasteiger charge is 2.25. The smallest absolute Gasteiger partial charge is 0.236 e. The molecule has 5 heterocycles. The average Bonchev–Trinajstić information content (AvgIpc) is 3.57. The fourth-order valence-corrected chi connectivity index (χ4v) is 6.51. The van der Waals surface area contributed by atoms with Gasteiger partial charge in [0.1, 0.15) is 5.82 Å². The van der Waals surface area contributed by atoms with Crippen molar-refractivity contribution >= 4 is 71.8 Å². The molecule has 4 aromatic carbocycles. The topological polar surface area (TPSA) is 47.2 Å². The number of para-hydroxylation sites is 3. The maximum Gasteiger partial charge on any atom is 0.236 e. The van der Waals surface area contributed by atoms with Gasteiger partial charge < -0.3 is 9.72 Å². The van der Waals surface area contributed by atoms with E-state index in [0.717, 1.165) is 34.7 Å². The Labute approximate surface area is 211 Å². The summed E-state index contributed by atoms with van der Waals surface area (Å²) in [6.45, 7) is 2.84. The van der Waals surface area contributed by atoms with Crippen molar-refractivity contribution in [3.05, 3.63) is 96.2 Å². The van der Waals surface area contributed by atoms with Crippen LogP contribution in [0.3, 0.4) is 0 Å². The number of nitrogens with zero attached hydrogens (tertiary/aromatic N) is 4. The Morgan fingerprint density at radius 1 is 0.703 bits per heavy atom. The van der Waals surface area contributed by atoms with Gasteiger partial charge in [0.2, 0.25) is 5.95 Å². The van der Waals surface area contributed by atoms with Crippen LogP contribution < -0.4 is 5.32 Å². The van der Waals surface area contributed by atoms with E-state index in [-0.39, 0.29) is 0 Å². The second-order valence-electron chi connectivity index (χ2n) is 9.92. The third-order valence-electron chi connectivity index (χ3n) is 8.00. The highest BCUT2D eigenvalue weighted by Crippen LogP contribution is 2.46. The number of rotatable bonds is 1. The van der Waals surface area contributed by atoms with Crippen molar-refractivity contribution in [3.8, 4) is 5.95 Å². The number of aromatic nitrogens is 4. The zero-order valence-corrected chi connectivity index (χ0v) is 20.2. The summed E-state index contributed by atoms with van der Waals surface area (Å²) in [5.74, 6) is 1.59. The number of hydrogen-bond acceptors (Lipinski definition) is 3. The molecule has 0 amide bonds. The maximum absolute atomic E-state index is 5.04. The summed E-state index contributed by atoms with van der Waals surface area (Å²) < 4.78 is 4.69. The normalized spacial score (nSPS) is 13.5. The van der Waals surface area contributed by atoms with Crippen LogP contribution in [0.5, 0.6) is 0 Å². The minimum absolute atomic E-state index is 0.701. The molecule has 5 heteroatoms. The van der Waals surface area contributed by atoms with Gasteiger partial charge in [-0.25, -0.2) is 4.98 Å². The number of anilines is 1. The van der Waals surface area contributed by atoms with Gasteiger partial charge in [0.15, 0.2) is 0 Å². The molecule has 0 fully saturated rings. The first-order valence-electron chi connectivity index (χ1n) is 12.7. The van der Waals surface area contributed by atoms with E-state index in [1.165, 1.54) is 48.9 Å². The first kappa shape index (κ1) is 19.3. The molecule has 0 saturated heterocycles. The molecule has 0 unspecified atom stereocenters. The molecule has 0 atom stereocenters. The van der Waals surface area contributed by atoms with E-state index in [2.05, 4.69) is 112 Å². The lowest BCUT2D eigenvalue weighted by Crippen LogP contribution is -2.12. The molecule has 0 aliphatic carbocycles. The van der Waals surface area contributed by atoms with Gasteiger partial charge in [-0.1, -0.05) is 66.7 Å². The molecule has 37 heavy (non-hydrogen) atoms. The summed E-state index contributed by atoms with van der Waals surface area (Å²) in [4.78, 5) is 10.1. The molecule has 8 aromatic rings. The van der Waals surface area contributed by atoms with Gasteiger partial charge in [0.25, 0.3) is 0 Å².